The van der Waals surface area contributed by atoms with Crippen molar-refractivity contribution in [2.75, 3.05) is 16.9 Å². The predicted octanol–water partition coefficient (Wildman–Crippen LogP) is 3.72. The summed E-state index contributed by atoms with van der Waals surface area (Å²) in [6.07, 6.45) is 11.2. The molecular weight excluding hydrogens is 446 g/mol. The van der Waals surface area contributed by atoms with E-state index in [2.05, 4.69) is 57.5 Å². The lowest BCUT2D eigenvalue weighted by Gasteiger charge is -2.50. The second kappa shape index (κ2) is 10.3. The molecule has 8 nitrogen and oxygen atoms in total. The lowest BCUT2D eigenvalue weighted by molar-refractivity contribution is -0.140. The van der Waals surface area contributed by atoms with E-state index in [4.69, 9.17) is 4.98 Å². The van der Waals surface area contributed by atoms with Crippen LogP contribution in [0.3, 0.4) is 0 Å². The van der Waals surface area contributed by atoms with Crippen molar-refractivity contribution in [1.29, 1.82) is 0 Å². The van der Waals surface area contributed by atoms with Crippen molar-refractivity contribution >= 4 is 40.2 Å². The number of thioether (sulfide) groups is 1. The fraction of sp³-hybridized carbons (Fsp3) is 0.640. The van der Waals surface area contributed by atoms with Gasteiger partial charge in [-0.1, -0.05) is 6.92 Å². The van der Waals surface area contributed by atoms with Gasteiger partial charge >= 0.3 is 0 Å². The van der Waals surface area contributed by atoms with Crippen LogP contribution in [0.15, 0.2) is 24.4 Å². The molecule has 3 saturated heterocycles. The Bertz CT molecular complexity index is 1000. The van der Waals surface area contributed by atoms with Gasteiger partial charge in [-0.15, -0.1) is 0 Å². The molecule has 5 rings (SSSR count). The maximum Gasteiger partial charge on any atom is 0.236 e. The normalized spacial score (nSPS) is 29.7. The number of rotatable bonds is 7. The van der Waals surface area contributed by atoms with E-state index in [1.54, 1.807) is 11.8 Å². The summed E-state index contributed by atoms with van der Waals surface area (Å²) < 4.78 is 0. The number of hydrogen-bond acceptors (Lipinski definition) is 8. The second-order valence-corrected chi connectivity index (χ2v) is 11.0. The Hall–Kier alpha value is -2.10. The average Bonchev–Trinajstić information content (AvgIpc) is 3.23. The van der Waals surface area contributed by atoms with E-state index in [0.717, 1.165) is 61.1 Å². The van der Waals surface area contributed by atoms with Crippen molar-refractivity contribution in [1.82, 2.24) is 25.7 Å². The highest BCUT2D eigenvalue weighted by Crippen LogP contribution is 2.37. The number of aromatic nitrogens is 2. The molecule has 184 valence electrons. The Kier molecular flexibility index (Phi) is 7.13. The largest absolute Gasteiger partial charge is 0.367 e. The average molecular weight is 484 g/mol. The van der Waals surface area contributed by atoms with Crippen LogP contribution >= 0.6 is 11.8 Å². The number of anilines is 2. The molecule has 0 saturated carbocycles. The van der Waals surface area contributed by atoms with Gasteiger partial charge in [-0.25, -0.2) is 10.4 Å². The van der Waals surface area contributed by atoms with Crippen LogP contribution in [0.25, 0.3) is 10.9 Å². The summed E-state index contributed by atoms with van der Waals surface area (Å²) in [6, 6.07) is 7.43. The first kappa shape index (κ1) is 23.6. The van der Waals surface area contributed by atoms with Gasteiger partial charge < -0.3 is 15.5 Å². The van der Waals surface area contributed by atoms with Gasteiger partial charge in [0.1, 0.15) is 11.6 Å². The maximum absolute atomic E-state index is 13.3. The monoisotopic (exact) mass is 483 g/mol. The van der Waals surface area contributed by atoms with Crippen LogP contribution in [0.5, 0.6) is 0 Å². The quantitative estimate of drug-likeness (QED) is 0.473. The number of hydrogen-bond donors (Lipinski definition) is 4. The number of hydrazine groups is 1. The zero-order chi connectivity index (χ0) is 23.7. The van der Waals surface area contributed by atoms with Crippen LogP contribution in [0, 0.1) is 0 Å². The lowest BCUT2D eigenvalue weighted by atomic mass is 9.81. The molecule has 4 N–H and O–H groups in total. The fourth-order valence-electron chi connectivity index (χ4n) is 5.91. The molecule has 3 aliphatic heterocycles. The third-order valence-corrected chi connectivity index (χ3v) is 8.62. The Morgan fingerprint density at radius 1 is 1.24 bits per heavy atom. The number of amides is 1. The Morgan fingerprint density at radius 3 is 2.71 bits per heavy atom. The van der Waals surface area contributed by atoms with Crippen molar-refractivity contribution in [2.45, 2.75) is 94.4 Å². The molecule has 3 fully saturated rings. The highest BCUT2D eigenvalue weighted by molar-refractivity contribution is 7.99. The molecule has 34 heavy (non-hydrogen) atoms. The van der Waals surface area contributed by atoms with Crippen molar-refractivity contribution in [3.05, 3.63) is 24.4 Å². The van der Waals surface area contributed by atoms with Crippen LogP contribution in [0.4, 0.5) is 11.6 Å². The van der Waals surface area contributed by atoms with Crippen molar-refractivity contribution in [3.63, 3.8) is 0 Å². The molecule has 0 aromatic carbocycles. The van der Waals surface area contributed by atoms with E-state index in [9.17, 15) is 4.79 Å². The van der Waals surface area contributed by atoms with Crippen molar-refractivity contribution in [3.8, 4) is 0 Å². The van der Waals surface area contributed by atoms with Crippen molar-refractivity contribution < 1.29 is 4.79 Å². The summed E-state index contributed by atoms with van der Waals surface area (Å²) in [4.78, 5) is 25.1. The Labute approximate surface area is 206 Å². The zero-order valence-electron chi connectivity index (χ0n) is 20.4. The van der Waals surface area contributed by atoms with Crippen LogP contribution in [-0.2, 0) is 4.79 Å². The molecule has 9 heteroatoms. The topological polar surface area (TPSA) is 94.2 Å². The van der Waals surface area contributed by atoms with Crippen molar-refractivity contribution in [2.24, 2.45) is 0 Å². The summed E-state index contributed by atoms with van der Waals surface area (Å²) >= 11 is 1.69. The van der Waals surface area contributed by atoms with E-state index in [0.29, 0.717) is 30.1 Å². The van der Waals surface area contributed by atoms with E-state index < -0.39 is 0 Å². The number of fused-ring (bicyclic) bond motifs is 3. The van der Waals surface area contributed by atoms with Crippen LogP contribution < -0.4 is 21.5 Å². The van der Waals surface area contributed by atoms with Gasteiger partial charge in [0.25, 0.3) is 0 Å². The summed E-state index contributed by atoms with van der Waals surface area (Å²) in [5.74, 6) is 2.04. The molecule has 0 aliphatic carbocycles. The summed E-state index contributed by atoms with van der Waals surface area (Å²) in [5.41, 5.74) is 7.47. The van der Waals surface area contributed by atoms with Gasteiger partial charge in [-0.2, -0.15) is 11.8 Å². The Balaban J connectivity index is 1.35. The number of pyridine rings is 2. The first-order chi connectivity index (χ1) is 16.6. The number of carbonyl (C=O) groups excluding carboxylic acids is 1. The van der Waals surface area contributed by atoms with E-state index in [-0.39, 0.29) is 11.4 Å². The molecule has 3 aliphatic rings. The highest BCUT2D eigenvalue weighted by atomic mass is 32.2. The van der Waals surface area contributed by atoms with E-state index in [1.807, 2.05) is 18.3 Å². The fourth-order valence-corrected chi connectivity index (χ4v) is 6.56. The number of nitrogens with zero attached hydrogens (tertiary/aromatic N) is 3. The second-order valence-electron chi connectivity index (χ2n) is 9.98. The minimum Gasteiger partial charge on any atom is -0.367 e. The van der Waals surface area contributed by atoms with E-state index >= 15 is 0 Å². The standard InChI is InChI=1S/C25H37N7OS/c1-4-21(34-3)25(33)32-17-7-5-8-18(32)13-16(12-17)27-24-19-9-6-10-26-20(19)14-22(29-24)28-23-11-15(2)30-31-23/h6,9-10,14-18,21,23,30-31H,4-5,7-8,11-13H2,1-3H3,(H2,27,28,29)/t15?,16?,17-,18+,21?,23?. The number of carbonyl (C=O) groups is 1. The van der Waals surface area contributed by atoms with Gasteiger partial charge in [-0.05, 0) is 70.3 Å². The minimum atomic E-state index is 0.0773. The molecule has 1 amide bonds. The van der Waals surface area contributed by atoms with Gasteiger partial charge in [-0.3, -0.25) is 15.2 Å². The van der Waals surface area contributed by atoms with Crippen LogP contribution in [0.2, 0.25) is 0 Å². The molecule has 2 aromatic rings. The number of piperidine rings is 2. The number of nitrogens with one attached hydrogen (secondary N) is 4. The molecule has 2 bridgehead atoms. The SMILES string of the molecule is CCC(SC)C(=O)N1[C@@H]2CCC[C@H]1CC(Nc1nc(NC3CC(C)NN3)cc3ncccc13)C2. The third kappa shape index (κ3) is 4.83. The summed E-state index contributed by atoms with van der Waals surface area (Å²) in [7, 11) is 0. The smallest absolute Gasteiger partial charge is 0.236 e. The lowest BCUT2D eigenvalue weighted by Crippen LogP contribution is -2.58. The molecule has 2 aromatic heterocycles. The van der Waals surface area contributed by atoms with Gasteiger partial charge in [0, 0.05) is 41.8 Å². The molecule has 6 atom stereocenters. The third-order valence-electron chi connectivity index (χ3n) is 7.52. The van der Waals surface area contributed by atoms with E-state index in [1.165, 1.54) is 6.42 Å². The first-order valence-electron chi connectivity index (χ1n) is 12.7. The first-order valence-corrected chi connectivity index (χ1v) is 14.0. The van der Waals surface area contributed by atoms with Gasteiger partial charge in [0.15, 0.2) is 0 Å². The molecule has 0 radical (unpaired) electrons. The predicted molar refractivity (Wildman–Crippen MR) is 140 cm³/mol. The molecular formula is C25H37N7OS. The summed E-state index contributed by atoms with van der Waals surface area (Å²) in [5, 5.41) is 8.40. The molecule has 4 unspecified atom stereocenters. The maximum atomic E-state index is 13.3. The summed E-state index contributed by atoms with van der Waals surface area (Å²) in [6.45, 7) is 4.28. The highest BCUT2D eigenvalue weighted by Gasteiger charge is 2.42. The van der Waals surface area contributed by atoms with Crippen LogP contribution in [0.1, 0.15) is 58.8 Å². The van der Waals surface area contributed by atoms with Crippen LogP contribution in [-0.4, -0.2) is 62.6 Å². The molecule has 0 spiro atoms. The minimum absolute atomic E-state index is 0.0773. The molecule has 5 heterocycles. The van der Waals surface area contributed by atoms with Gasteiger partial charge in [0.05, 0.1) is 16.9 Å². The Morgan fingerprint density at radius 2 is 2.03 bits per heavy atom. The van der Waals surface area contributed by atoms with Gasteiger partial charge in [0.2, 0.25) is 5.91 Å². The zero-order valence-corrected chi connectivity index (χ0v) is 21.2.